The first kappa shape index (κ1) is 15.1. The molecule has 0 N–H and O–H groups in total. The summed E-state index contributed by atoms with van der Waals surface area (Å²) < 4.78 is 69.8. The normalized spacial score (nSPS) is 17.6. The van der Waals surface area contributed by atoms with E-state index in [0.29, 0.717) is 0 Å². The van der Waals surface area contributed by atoms with Gasteiger partial charge in [-0.05, 0) is 13.0 Å². The molecule has 0 spiro atoms. The fraction of sp³-hybridized carbons (Fsp3) is 0.231. The second-order valence-corrected chi connectivity index (χ2v) is 4.33. The number of hydrogen-bond donors (Lipinski definition) is 0. The van der Waals surface area contributed by atoms with Crippen molar-refractivity contribution in [3.63, 3.8) is 0 Å². The van der Waals surface area contributed by atoms with Crippen LogP contribution in [-0.2, 0) is 4.79 Å². The maximum atomic E-state index is 13.4. The zero-order valence-corrected chi connectivity index (χ0v) is 10.6. The number of rotatable bonds is 2. The van der Waals surface area contributed by atoms with Crippen molar-refractivity contribution in [3.05, 3.63) is 40.7 Å². The molecule has 0 aromatic heterocycles. The van der Waals surface area contributed by atoms with Crippen LogP contribution in [-0.4, -0.2) is 18.2 Å². The predicted molar refractivity (Wildman–Crippen MR) is 62.5 cm³/mol. The first-order chi connectivity index (χ1) is 9.82. The van der Waals surface area contributed by atoms with E-state index in [4.69, 9.17) is 0 Å². The maximum absolute atomic E-state index is 13.4. The number of carbonyl (C=O) groups excluding carboxylic acids is 1. The van der Waals surface area contributed by atoms with Gasteiger partial charge >= 0.3 is 5.97 Å². The summed E-state index contributed by atoms with van der Waals surface area (Å²) in [6.07, 6.45) is 2.67. The summed E-state index contributed by atoms with van der Waals surface area (Å²) in [5, 5.41) is 0. The van der Waals surface area contributed by atoms with Gasteiger partial charge in [-0.3, -0.25) is 4.99 Å². The van der Waals surface area contributed by atoms with Crippen molar-refractivity contribution in [2.75, 3.05) is 0 Å². The van der Waals surface area contributed by atoms with Crippen molar-refractivity contribution in [3.8, 4) is 5.75 Å². The van der Waals surface area contributed by atoms with Crippen LogP contribution in [0.4, 0.5) is 22.0 Å². The maximum Gasteiger partial charge on any atom is 0.339 e. The molecule has 0 bridgehead atoms. The zero-order chi connectivity index (χ0) is 15.7. The number of benzene rings is 1. The molecule has 3 nitrogen and oxygen atoms in total. The van der Waals surface area contributed by atoms with Gasteiger partial charge in [0.2, 0.25) is 34.8 Å². The van der Waals surface area contributed by atoms with Crippen LogP contribution in [0.25, 0.3) is 0 Å². The number of allylic oxidation sites excluding steroid dienone is 1. The van der Waals surface area contributed by atoms with E-state index in [1.165, 1.54) is 12.3 Å². The minimum atomic E-state index is -2.32. The number of aliphatic imine (C=N–C) groups is 1. The first-order valence-electron chi connectivity index (χ1n) is 5.78. The average molecular weight is 305 g/mol. The summed E-state index contributed by atoms with van der Waals surface area (Å²) in [6, 6.07) is -0.256. The highest BCUT2D eigenvalue weighted by atomic mass is 19.2. The van der Waals surface area contributed by atoms with Crippen molar-refractivity contribution >= 4 is 12.2 Å². The number of esters is 1. The Morgan fingerprint density at radius 1 is 1.10 bits per heavy atom. The number of hydrogen-bond acceptors (Lipinski definition) is 3. The van der Waals surface area contributed by atoms with Crippen molar-refractivity contribution in [1.29, 1.82) is 0 Å². The van der Waals surface area contributed by atoms with E-state index in [-0.39, 0.29) is 18.0 Å². The lowest BCUT2D eigenvalue weighted by Gasteiger charge is -2.14. The Labute approximate surface area is 115 Å². The largest absolute Gasteiger partial charge is 0.417 e. The SMILES string of the molecule is CC1CC(C(=O)Oc2c(F)c(F)c(F)c(F)c2F)=CC=N1. The third kappa shape index (κ3) is 2.79. The summed E-state index contributed by atoms with van der Waals surface area (Å²) in [5.41, 5.74) is 0.0152. The summed E-state index contributed by atoms with van der Waals surface area (Å²) in [5.74, 6) is -13.9. The molecule has 8 heteroatoms. The molecular weight excluding hydrogens is 297 g/mol. The molecule has 1 heterocycles. The van der Waals surface area contributed by atoms with Crippen LogP contribution >= 0.6 is 0 Å². The van der Waals surface area contributed by atoms with Gasteiger partial charge in [-0.1, -0.05) is 0 Å². The van der Waals surface area contributed by atoms with Crippen LogP contribution in [0, 0.1) is 29.1 Å². The lowest BCUT2D eigenvalue weighted by atomic mass is 10.1. The quantitative estimate of drug-likeness (QED) is 0.277. The highest BCUT2D eigenvalue weighted by Gasteiger charge is 2.29. The van der Waals surface area contributed by atoms with Crippen molar-refractivity contribution in [2.24, 2.45) is 4.99 Å². The monoisotopic (exact) mass is 305 g/mol. The predicted octanol–water partition coefficient (Wildman–Crippen LogP) is 3.08. The topological polar surface area (TPSA) is 38.7 Å². The molecule has 0 aliphatic carbocycles. The van der Waals surface area contributed by atoms with E-state index in [1.54, 1.807) is 6.92 Å². The lowest BCUT2D eigenvalue weighted by Crippen LogP contribution is -2.19. The third-order valence-corrected chi connectivity index (χ3v) is 2.76. The van der Waals surface area contributed by atoms with Gasteiger partial charge in [-0.2, -0.15) is 8.78 Å². The minimum absolute atomic E-state index is 0.0152. The summed E-state index contributed by atoms with van der Waals surface area (Å²) >= 11 is 0. The van der Waals surface area contributed by atoms with Gasteiger partial charge in [0.05, 0.1) is 6.04 Å². The highest BCUT2D eigenvalue weighted by molar-refractivity contribution is 5.95. The molecule has 2 rings (SSSR count). The number of carbonyl (C=O) groups is 1. The van der Waals surface area contributed by atoms with E-state index < -0.39 is 40.8 Å². The number of halogens is 5. The van der Waals surface area contributed by atoms with Crippen LogP contribution in [0.3, 0.4) is 0 Å². The van der Waals surface area contributed by atoms with Crippen LogP contribution in [0.2, 0.25) is 0 Å². The van der Waals surface area contributed by atoms with Crippen LogP contribution in [0.1, 0.15) is 13.3 Å². The second kappa shape index (κ2) is 5.63. The van der Waals surface area contributed by atoms with Gasteiger partial charge in [0.1, 0.15) is 0 Å². The molecule has 1 aliphatic rings. The fourth-order valence-corrected chi connectivity index (χ4v) is 1.70. The van der Waals surface area contributed by atoms with E-state index in [9.17, 15) is 26.7 Å². The van der Waals surface area contributed by atoms with Gasteiger partial charge in [0.25, 0.3) is 0 Å². The highest BCUT2D eigenvalue weighted by Crippen LogP contribution is 2.30. The third-order valence-electron chi connectivity index (χ3n) is 2.76. The van der Waals surface area contributed by atoms with Gasteiger partial charge in [0.15, 0.2) is 0 Å². The fourth-order valence-electron chi connectivity index (χ4n) is 1.70. The number of nitrogens with zero attached hydrogens (tertiary/aromatic N) is 1. The van der Waals surface area contributed by atoms with Gasteiger partial charge in [-0.15, -0.1) is 0 Å². The Morgan fingerprint density at radius 3 is 2.14 bits per heavy atom. The van der Waals surface area contributed by atoms with E-state index >= 15 is 0 Å². The number of dihydropyridines is 1. The molecule has 112 valence electrons. The van der Waals surface area contributed by atoms with Gasteiger partial charge in [0, 0.05) is 18.2 Å². The molecule has 0 radical (unpaired) electrons. The lowest BCUT2D eigenvalue weighted by molar-refractivity contribution is -0.130. The molecule has 0 saturated carbocycles. The molecule has 1 atom stereocenters. The first-order valence-corrected chi connectivity index (χ1v) is 5.78. The van der Waals surface area contributed by atoms with Crippen LogP contribution in [0.15, 0.2) is 16.6 Å². The Balaban J connectivity index is 2.34. The molecule has 0 amide bonds. The Morgan fingerprint density at radius 2 is 1.62 bits per heavy atom. The Bertz CT molecular complexity index is 640. The molecule has 21 heavy (non-hydrogen) atoms. The molecule has 0 saturated heterocycles. The van der Waals surface area contributed by atoms with E-state index in [0.717, 1.165) is 0 Å². The Kier molecular flexibility index (Phi) is 4.06. The van der Waals surface area contributed by atoms with Crippen LogP contribution in [0.5, 0.6) is 5.75 Å². The molecule has 1 aromatic carbocycles. The summed E-state index contributed by atoms with van der Waals surface area (Å²) in [6.45, 7) is 1.68. The van der Waals surface area contributed by atoms with Crippen molar-refractivity contribution in [1.82, 2.24) is 0 Å². The van der Waals surface area contributed by atoms with Crippen molar-refractivity contribution < 1.29 is 31.5 Å². The van der Waals surface area contributed by atoms with E-state index in [1.807, 2.05) is 0 Å². The molecule has 1 unspecified atom stereocenters. The number of ether oxygens (including phenoxy) is 1. The average Bonchev–Trinajstić information content (AvgIpc) is 2.47. The minimum Gasteiger partial charge on any atom is -0.417 e. The van der Waals surface area contributed by atoms with Crippen molar-refractivity contribution in [2.45, 2.75) is 19.4 Å². The molecule has 0 fully saturated rings. The van der Waals surface area contributed by atoms with E-state index in [2.05, 4.69) is 9.73 Å². The standard InChI is InChI=1S/C13H8F5NO2/c1-5-4-6(2-3-19-5)13(20)21-12-10(17)8(15)7(14)9(16)11(12)18/h2-3,5H,4H2,1H3. The molecule has 1 aromatic rings. The smallest absolute Gasteiger partial charge is 0.339 e. The molecule has 1 aliphatic heterocycles. The summed E-state index contributed by atoms with van der Waals surface area (Å²) in [4.78, 5) is 15.6. The summed E-state index contributed by atoms with van der Waals surface area (Å²) in [7, 11) is 0. The second-order valence-electron chi connectivity index (χ2n) is 4.33. The van der Waals surface area contributed by atoms with Gasteiger partial charge < -0.3 is 4.74 Å². The Hall–Kier alpha value is -2.25. The van der Waals surface area contributed by atoms with Crippen LogP contribution < -0.4 is 4.74 Å². The van der Waals surface area contributed by atoms with Gasteiger partial charge in [-0.25, -0.2) is 18.0 Å². The molecular formula is C13H8F5NO2. The zero-order valence-electron chi connectivity index (χ0n) is 10.6.